The summed E-state index contributed by atoms with van der Waals surface area (Å²) in [6.45, 7) is 1.69. The van der Waals surface area contributed by atoms with E-state index in [2.05, 4.69) is 10.3 Å². The summed E-state index contributed by atoms with van der Waals surface area (Å²) in [7, 11) is 1.38. The van der Waals surface area contributed by atoms with E-state index >= 15 is 0 Å². The van der Waals surface area contributed by atoms with Crippen molar-refractivity contribution in [3.63, 3.8) is 0 Å². The summed E-state index contributed by atoms with van der Waals surface area (Å²) in [6, 6.07) is 12.7. The molecule has 1 heterocycles. The standard InChI is InChI=1S/C22H22N3O5/c1-14(26)20-17(12-13-23-19(27)11-8-15-6-4-3-5-7-15)16-9-10-18(30-2)22(25(28)29)21(16)24-20/h3-11,24,28H,12-13H2,1-2H3,(H,23,27)/q-1/b11-8-. The van der Waals surface area contributed by atoms with Gasteiger partial charge in [0.1, 0.15) is 11.4 Å². The summed E-state index contributed by atoms with van der Waals surface area (Å²) in [5.41, 5.74) is 2.06. The van der Waals surface area contributed by atoms with Crippen molar-refractivity contribution >= 4 is 34.4 Å². The van der Waals surface area contributed by atoms with Crippen molar-refractivity contribution in [1.82, 2.24) is 10.3 Å². The molecule has 3 rings (SSSR count). The lowest BCUT2D eigenvalue weighted by molar-refractivity contribution is -0.116. The zero-order chi connectivity index (χ0) is 21.7. The zero-order valence-electron chi connectivity index (χ0n) is 16.6. The van der Waals surface area contributed by atoms with Gasteiger partial charge in [0, 0.05) is 24.9 Å². The molecular formula is C22H22N3O5-. The van der Waals surface area contributed by atoms with E-state index in [1.807, 2.05) is 30.3 Å². The molecule has 0 saturated heterocycles. The summed E-state index contributed by atoms with van der Waals surface area (Å²) in [4.78, 5) is 27.1. The molecule has 0 radical (unpaired) electrons. The third-order valence-corrected chi connectivity index (χ3v) is 4.68. The van der Waals surface area contributed by atoms with Gasteiger partial charge >= 0.3 is 0 Å². The minimum atomic E-state index is -0.290. The normalized spacial score (nSPS) is 11.1. The predicted octanol–water partition coefficient (Wildman–Crippen LogP) is 3.44. The highest BCUT2D eigenvalue weighted by Crippen LogP contribution is 2.37. The van der Waals surface area contributed by atoms with Gasteiger partial charge in [-0.2, -0.15) is 0 Å². The molecular weight excluding hydrogens is 386 g/mol. The molecule has 8 heteroatoms. The Kier molecular flexibility index (Phi) is 6.51. The van der Waals surface area contributed by atoms with Crippen LogP contribution in [0.3, 0.4) is 0 Å². The summed E-state index contributed by atoms with van der Waals surface area (Å²) >= 11 is 0. The first-order chi connectivity index (χ1) is 14.4. The quantitative estimate of drug-likeness (QED) is 0.299. The van der Waals surface area contributed by atoms with Gasteiger partial charge in [-0.25, -0.2) is 0 Å². The van der Waals surface area contributed by atoms with Crippen molar-refractivity contribution in [2.45, 2.75) is 13.3 Å². The lowest BCUT2D eigenvalue weighted by Gasteiger charge is -2.24. The number of nitrogens with zero attached hydrogens (tertiary/aromatic N) is 1. The van der Waals surface area contributed by atoms with E-state index in [1.165, 1.54) is 20.1 Å². The Labute approximate surface area is 173 Å². The van der Waals surface area contributed by atoms with E-state index in [-0.39, 0.29) is 34.9 Å². The van der Waals surface area contributed by atoms with Crippen LogP contribution in [0.4, 0.5) is 5.69 Å². The number of Topliss-reactive ketones (excluding diaryl/α,β-unsaturated/α-hetero) is 1. The maximum Gasteiger partial charge on any atom is 0.244 e. The second kappa shape index (κ2) is 9.25. The smallest absolute Gasteiger partial charge is 0.244 e. The molecule has 0 saturated carbocycles. The SMILES string of the molecule is COc1ccc2c(CCNC(=O)/C=C\c3ccccc3)c(C(C)=O)[nH]c2c1N([O-])O. The average Bonchev–Trinajstić information content (AvgIpc) is 3.11. The zero-order valence-corrected chi connectivity index (χ0v) is 16.6. The van der Waals surface area contributed by atoms with E-state index in [1.54, 1.807) is 18.2 Å². The van der Waals surface area contributed by atoms with Crippen LogP contribution in [0.1, 0.15) is 28.5 Å². The summed E-state index contributed by atoms with van der Waals surface area (Å²) in [5, 5.41) is 24.2. The Morgan fingerprint density at radius 1 is 1.23 bits per heavy atom. The Hall–Kier alpha value is -3.62. The van der Waals surface area contributed by atoms with Gasteiger partial charge in [-0.1, -0.05) is 30.3 Å². The number of hydrogen-bond donors (Lipinski definition) is 3. The van der Waals surface area contributed by atoms with Gasteiger partial charge in [-0.15, -0.1) is 0 Å². The van der Waals surface area contributed by atoms with Crippen LogP contribution in [0.2, 0.25) is 0 Å². The van der Waals surface area contributed by atoms with E-state index < -0.39 is 0 Å². The van der Waals surface area contributed by atoms with Gasteiger partial charge in [0.25, 0.3) is 0 Å². The van der Waals surface area contributed by atoms with E-state index in [0.717, 1.165) is 5.56 Å². The van der Waals surface area contributed by atoms with Crippen LogP contribution < -0.4 is 15.3 Å². The molecule has 0 bridgehead atoms. The molecule has 0 aliphatic heterocycles. The number of carbonyl (C=O) groups is 2. The lowest BCUT2D eigenvalue weighted by atomic mass is 10.0. The van der Waals surface area contributed by atoms with Crippen molar-refractivity contribution in [3.8, 4) is 5.75 Å². The third kappa shape index (κ3) is 4.51. The fourth-order valence-corrected chi connectivity index (χ4v) is 3.31. The molecule has 0 aliphatic rings. The van der Waals surface area contributed by atoms with Gasteiger partial charge in [0.05, 0.1) is 18.3 Å². The molecule has 3 N–H and O–H groups in total. The van der Waals surface area contributed by atoms with Crippen LogP contribution in [0.5, 0.6) is 5.75 Å². The second-order valence-corrected chi connectivity index (χ2v) is 6.63. The molecule has 0 atom stereocenters. The fourth-order valence-electron chi connectivity index (χ4n) is 3.31. The number of rotatable bonds is 8. The number of ketones is 1. The lowest BCUT2D eigenvalue weighted by Crippen LogP contribution is -2.23. The number of ether oxygens (including phenoxy) is 1. The van der Waals surface area contributed by atoms with Crippen molar-refractivity contribution in [3.05, 3.63) is 70.6 Å². The average molecular weight is 408 g/mol. The molecule has 0 unspecified atom stereocenters. The van der Waals surface area contributed by atoms with Gasteiger partial charge in [-0.05, 0) is 35.8 Å². The van der Waals surface area contributed by atoms with Gasteiger partial charge in [0.15, 0.2) is 5.78 Å². The molecule has 1 aromatic heterocycles. The number of fused-ring (bicyclic) bond motifs is 1. The van der Waals surface area contributed by atoms with Gasteiger partial charge in [-0.3, -0.25) is 14.8 Å². The Morgan fingerprint density at radius 2 is 1.97 bits per heavy atom. The number of nitrogens with one attached hydrogen (secondary N) is 2. The Morgan fingerprint density at radius 3 is 2.60 bits per heavy atom. The molecule has 0 spiro atoms. The predicted molar refractivity (Wildman–Crippen MR) is 115 cm³/mol. The number of amides is 1. The van der Waals surface area contributed by atoms with Crippen LogP contribution >= 0.6 is 0 Å². The molecule has 156 valence electrons. The molecule has 0 aliphatic carbocycles. The largest absolute Gasteiger partial charge is 0.733 e. The summed E-state index contributed by atoms with van der Waals surface area (Å²) in [6.07, 6.45) is 3.51. The number of aromatic amines is 1. The van der Waals surface area contributed by atoms with Crippen molar-refractivity contribution < 1.29 is 19.5 Å². The molecule has 8 nitrogen and oxygen atoms in total. The second-order valence-electron chi connectivity index (χ2n) is 6.63. The number of methoxy groups -OCH3 is 1. The van der Waals surface area contributed by atoms with Crippen molar-refractivity contribution in [2.24, 2.45) is 0 Å². The summed E-state index contributed by atoms with van der Waals surface area (Å²) in [5.74, 6) is -0.314. The van der Waals surface area contributed by atoms with Crippen LogP contribution in [-0.4, -0.2) is 35.5 Å². The maximum absolute atomic E-state index is 12.1. The highest BCUT2D eigenvalue weighted by molar-refractivity contribution is 6.05. The maximum atomic E-state index is 12.1. The van der Waals surface area contributed by atoms with Gasteiger partial charge < -0.3 is 25.5 Å². The van der Waals surface area contributed by atoms with Crippen LogP contribution in [0.15, 0.2) is 48.5 Å². The van der Waals surface area contributed by atoms with E-state index in [9.17, 15) is 20.0 Å². The Bertz CT molecular complexity index is 1090. The minimum absolute atomic E-state index is 0.112. The molecule has 2 aromatic carbocycles. The molecule has 3 aromatic rings. The first-order valence-corrected chi connectivity index (χ1v) is 9.32. The third-order valence-electron chi connectivity index (χ3n) is 4.68. The highest BCUT2D eigenvalue weighted by Gasteiger charge is 2.19. The van der Waals surface area contributed by atoms with E-state index in [4.69, 9.17) is 4.74 Å². The van der Waals surface area contributed by atoms with Crippen LogP contribution in [0.25, 0.3) is 17.0 Å². The fraction of sp³-hybridized carbons (Fsp3) is 0.182. The number of carbonyl (C=O) groups excluding carboxylic acids is 2. The monoisotopic (exact) mass is 408 g/mol. The van der Waals surface area contributed by atoms with Crippen molar-refractivity contribution in [2.75, 3.05) is 18.9 Å². The summed E-state index contributed by atoms with van der Waals surface area (Å²) < 4.78 is 5.13. The van der Waals surface area contributed by atoms with Crippen molar-refractivity contribution in [1.29, 1.82) is 0 Å². The minimum Gasteiger partial charge on any atom is -0.733 e. The molecule has 1 amide bonds. The van der Waals surface area contributed by atoms with Gasteiger partial charge in [0.2, 0.25) is 5.91 Å². The van der Waals surface area contributed by atoms with Crippen LogP contribution in [0, 0.1) is 5.21 Å². The number of benzene rings is 2. The topological polar surface area (TPSA) is 118 Å². The Balaban J connectivity index is 1.80. The van der Waals surface area contributed by atoms with E-state index in [0.29, 0.717) is 28.6 Å². The number of H-pyrrole nitrogens is 1. The molecule has 30 heavy (non-hydrogen) atoms. The number of hydrogen-bond acceptors (Lipinski definition) is 6. The first kappa shape index (κ1) is 21.1. The number of aromatic nitrogens is 1. The highest BCUT2D eigenvalue weighted by atomic mass is 16.8. The van der Waals surface area contributed by atoms with Crippen LogP contribution in [-0.2, 0) is 11.2 Å². The molecule has 0 fully saturated rings. The number of anilines is 1. The first-order valence-electron chi connectivity index (χ1n) is 9.32.